The molecule has 0 amide bonds. The van der Waals surface area contributed by atoms with Crippen molar-refractivity contribution in [3.63, 3.8) is 0 Å². The first-order chi connectivity index (χ1) is 7.80. The lowest BCUT2D eigenvalue weighted by atomic mass is 9.87. The quantitative estimate of drug-likeness (QED) is 0.582. The fraction of sp³-hybridized carbons (Fsp3) is 1.00. The van der Waals surface area contributed by atoms with E-state index < -0.39 is 0 Å². The fourth-order valence-corrected chi connectivity index (χ4v) is 2.47. The molecule has 1 fully saturated rings. The number of hydrogen-bond donors (Lipinski definition) is 1. The topological polar surface area (TPSA) is 12.0 Å². The van der Waals surface area contributed by atoms with Crippen LogP contribution in [0.1, 0.15) is 72.1 Å². The highest BCUT2D eigenvalue weighted by Crippen LogP contribution is 2.25. The van der Waals surface area contributed by atoms with Crippen molar-refractivity contribution in [1.82, 2.24) is 5.32 Å². The maximum absolute atomic E-state index is 3.69. The Morgan fingerprint density at radius 1 is 1.06 bits per heavy atom. The van der Waals surface area contributed by atoms with E-state index in [2.05, 4.69) is 26.1 Å². The molecule has 1 rings (SSSR count). The van der Waals surface area contributed by atoms with Gasteiger partial charge in [0, 0.05) is 6.04 Å². The van der Waals surface area contributed by atoms with E-state index in [-0.39, 0.29) is 0 Å². The maximum Gasteiger partial charge on any atom is 0.00683 e. The minimum Gasteiger partial charge on any atom is -0.314 e. The third-order valence-electron chi connectivity index (χ3n) is 4.06. The summed E-state index contributed by atoms with van der Waals surface area (Å²) in [5, 5.41) is 3.69. The number of hydrogen-bond acceptors (Lipinski definition) is 1. The molecule has 0 aromatic heterocycles. The first-order valence-corrected chi connectivity index (χ1v) is 7.53. The third-order valence-corrected chi connectivity index (χ3v) is 4.06. The molecule has 0 radical (unpaired) electrons. The van der Waals surface area contributed by atoms with Gasteiger partial charge in [-0.05, 0) is 37.6 Å². The van der Waals surface area contributed by atoms with Gasteiger partial charge in [-0.15, -0.1) is 0 Å². The van der Waals surface area contributed by atoms with Crippen molar-refractivity contribution in [3.8, 4) is 0 Å². The van der Waals surface area contributed by atoms with Gasteiger partial charge in [0.05, 0.1) is 0 Å². The fourth-order valence-electron chi connectivity index (χ4n) is 2.47. The Labute approximate surface area is 102 Å². The molecule has 0 aromatic carbocycles. The molecular weight excluding hydrogens is 194 g/mol. The second-order valence-corrected chi connectivity index (χ2v) is 5.61. The summed E-state index contributed by atoms with van der Waals surface area (Å²) in [7, 11) is 0. The summed E-state index contributed by atoms with van der Waals surface area (Å²) in [4.78, 5) is 0. The van der Waals surface area contributed by atoms with Crippen LogP contribution in [-0.4, -0.2) is 12.6 Å². The minimum atomic E-state index is 0.879. The van der Waals surface area contributed by atoms with E-state index >= 15 is 0 Å². The van der Waals surface area contributed by atoms with E-state index in [1.807, 2.05) is 0 Å². The van der Waals surface area contributed by atoms with Gasteiger partial charge in [0.15, 0.2) is 0 Å². The maximum atomic E-state index is 3.69. The van der Waals surface area contributed by atoms with Crippen molar-refractivity contribution in [2.75, 3.05) is 6.54 Å². The zero-order valence-electron chi connectivity index (χ0n) is 11.6. The van der Waals surface area contributed by atoms with Crippen molar-refractivity contribution < 1.29 is 0 Å². The average molecular weight is 225 g/mol. The van der Waals surface area contributed by atoms with Crippen LogP contribution in [0.3, 0.4) is 0 Å². The van der Waals surface area contributed by atoms with Gasteiger partial charge >= 0.3 is 0 Å². The number of unbranched alkanes of at least 4 members (excludes halogenated alkanes) is 1. The monoisotopic (exact) mass is 225 g/mol. The Hall–Kier alpha value is -0.0400. The molecule has 1 heteroatoms. The zero-order chi connectivity index (χ0) is 11.8. The molecule has 0 spiro atoms. The third kappa shape index (κ3) is 5.89. The lowest BCUT2D eigenvalue weighted by Crippen LogP contribution is -2.26. The molecule has 16 heavy (non-hydrogen) atoms. The largest absolute Gasteiger partial charge is 0.314 e. The van der Waals surface area contributed by atoms with Crippen molar-refractivity contribution in [1.29, 1.82) is 0 Å². The molecule has 96 valence electrons. The first kappa shape index (κ1) is 14.0. The molecule has 0 aliphatic heterocycles. The van der Waals surface area contributed by atoms with E-state index in [4.69, 9.17) is 0 Å². The highest BCUT2D eigenvalue weighted by molar-refractivity contribution is 4.82. The first-order valence-electron chi connectivity index (χ1n) is 7.53. The Balaban J connectivity index is 2.16. The summed E-state index contributed by atoms with van der Waals surface area (Å²) in [6.07, 6.45) is 11.2. The second kappa shape index (κ2) is 8.11. The summed E-state index contributed by atoms with van der Waals surface area (Å²) in [6.45, 7) is 8.29. The summed E-state index contributed by atoms with van der Waals surface area (Å²) >= 11 is 0. The van der Waals surface area contributed by atoms with E-state index in [0.29, 0.717) is 0 Å². The zero-order valence-corrected chi connectivity index (χ0v) is 11.6. The van der Waals surface area contributed by atoms with Crippen molar-refractivity contribution in [3.05, 3.63) is 0 Å². The molecule has 0 aromatic rings. The van der Waals surface area contributed by atoms with Gasteiger partial charge in [-0.3, -0.25) is 0 Å². The SMILES string of the molecule is CCCCC(CC)CC(CC)CNC1CC1. The van der Waals surface area contributed by atoms with Gasteiger partial charge in [-0.25, -0.2) is 0 Å². The molecule has 2 atom stereocenters. The summed E-state index contributed by atoms with van der Waals surface area (Å²) in [6, 6.07) is 0.879. The van der Waals surface area contributed by atoms with Crippen LogP contribution in [-0.2, 0) is 0 Å². The molecule has 2 unspecified atom stereocenters. The predicted molar refractivity (Wildman–Crippen MR) is 72.7 cm³/mol. The van der Waals surface area contributed by atoms with Gasteiger partial charge in [0.25, 0.3) is 0 Å². The lowest BCUT2D eigenvalue weighted by Gasteiger charge is -2.22. The van der Waals surface area contributed by atoms with Crippen LogP contribution < -0.4 is 5.32 Å². The summed E-state index contributed by atoms with van der Waals surface area (Å²) in [5.41, 5.74) is 0. The van der Waals surface area contributed by atoms with Crippen LogP contribution >= 0.6 is 0 Å². The molecule has 0 heterocycles. The summed E-state index contributed by atoms with van der Waals surface area (Å²) < 4.78 is 0. The van der Waals surface area contributed by atoms with Gasteiger partial charge in [0.2, 0.25) is 0 Å². The van der Waals surface area contributed by atoms with Crippen LogP contribution in [0.15, 0.2) is 0 Å². The van der Waals surface area contributed by atoms with Crippen LogP contribution in [0, 0.1) is 11.8 Å². The predicted octanol–water partition coefficient (Wildman–Crippen LogP) is 4.37. The number of rotatable bonds is 10. The van der Waals surface area contributed by atoms with E-state index in [1.165, 1.54) is 57.9 Å². The Morgan fingerprint density at radius 3 is 2.25 bits per heavy atom. The van der Waals surface area contributed by atoms with E-state index in [1.54, 1.807) is 0 Å². The highest BCUT2D eigenvalue weighted by atomic mass is 14.9. The number of nitrogens with one attached hydrogen (secondary N) is 1. The average Bonchev–Trinajstić information content (AvgIpc) is 3.12. The van der Waals surface area contributed by atoms with Gasteiger partial charge in [-0.2, -0.15) is 0 Å². The normalized spacial score (nSPS) is 19.7. The van der Waals surface area contributed by atoms with Gasteiger partial charge in [-0.1, -0.05) is 52.9 Å². The van der Waals surface area contributed by atoms with Gasteiger partial charge in [0.1, 0.15) is 0 Å². The Morgan fingerprint density at radius 2 is 1.75 bits per heavy atom. The van der Waals surface area contributed by atoms with Crippen LogP contribution in [0.4, 0.5) is 0 Å². The van der Waals surface area contributed by atoms with E-state index in [0.717, 1.165) is 17.9 Å². The molecule has 1 aliphatic rings. The molecule has 1 aliphatic carbocycles. The lowest BCUT2D eigenvalue weighted by molar-refractivity contribution is 0.319. The molecule has 0 bridgehead atoms. The van der Waals surface area contributed by atoms with Crippen molar-refractivity contribution in [2.45, 2.75) is 78.2 Å². The summed E-state index contributed by atoms with van der Waals surface area (Å²) in [5.74, 6) is 1.90. The molecule has 1 nitrogen and oxygen atoms in total. The van der Waals surface area contributed by atoms with Crippen LogP contribution in [0.2, 0.25) is 0 Å². The van der Waals surface area contributed by atoms with Crippen molar-refractivity contribution >= 4 is 0 Å². The second-order valence-electron chi connectivity index (χ2n) is 5.61. The Bertz CT molecular complexity index is 163. The standard InChI is InChI=1S/C15H31N/c1-4-7-8-13(5-2)11-14(6-3)12-16-15-9-10-15/h13-16H,4-12H2,1-3H3. The van der Waals surface area contributed by atoms with Crippen molar-refractivity contribution in [2.24, 2.45) is 11.8 Å². The highest BCUT2D eigenvalue weighted by Gasteiger charge is 2.22. The molecule has 0 saturated heterocycles. The molecular formula is C15H31N. The molecule has 1 N–H and O–H groups in total. The molecule has 1 saturated carbocycles. The van der Waals surface area contributed by atoms with Gasteiger partial charge < -0.3 is 5.32 Å². The minimum absolute atomic E-state index is 0.879. The van der Waals surface area contributed by atoms with Crippen LogP contribution in [0.5, 0.6) is 0 Å². The van der Waals surface area contributed by atoms with Crippen LogP contribution in [0.25, 0.3) is 0 Å². The smallest absolute Gasteiger partial charge is 0.00683 e. The Kier molecular flexibility index (Phi) is 7.11. The van der Waals surface area contributed by atoms with E-state index in [9.17, 15) is 0 Å².